The van der Waals surface area contributed by atoms with Crippen LogP contribution in [0.4, 0.5) is 8.78 Å². The van der Waals surface area contributed by atoms with Gasteiger partial charge in [0, 0.05) is 55.6 Å². The minimum atomic E-state index is -0.717. The van der Waals surface area contributed by atoms with Crippen LogP contribution in [-0.2, 0) is 16.0 Å². The molecule has 2 aliphatic heterocycles. The number of benzene rings is 1. The van der Waals surface area contributed by atoms with Gasteiger partial charge in [0.05, 0.1) is 55.8 Å². The Labute approximate surface area is 263 Å². The van der Waals surface area contributed by atoms with Gasteiger partial charge < -0.3 is 14.2 Å². The number of nitrogens with zero attached hydrogens (tertiary/aromatic N) is 8. The average Bonchev–Trinajstić information content (AvgIpc) is 3.69. The Morgan fingerprint density at radius 3 is 2.48 bits per heavy atom. The van der Waals surface area contributed by atoms with Gasteiger partial charge in [0.15, 0.2) is 11.4 Å². The number of amides is 1. The molecular weight excluding hydrogens is 594 g/mol. The van der Waals surface area contributed by atoms with Crippen molar-refractivity contribution in [3.05, 3.63) is 90.3 Å². The lowest BCUT2D eigenvalue weighted by Gasteiger charge is -2.35. The lowest BCUT2D eigenvalue weighted by Crippen LogP contribution is -2.47. The lowest BCUT2D eigenvalue weighted by molar-refractivity contribution is -0.134. The van der Waals surface area contributed by atoms with Crippen molar-refractivity contribution in [1.29, 1.82) is 0 Å². The number of ether oxygens (including phenoxy) is 1. The molecule has 5 aromatic rings. The predicted molar refractivity (Wildman–Crippen MR) is 164 cm³/mol. The van der Waals surface area contributed by atoms with Crippen molar-refractivity contribution >= 4 is 17.3 Å². The second-order valence-corrected chi connectivity index (χ2v) is 11.6. The summed E-state index contributed by atoms with van der Waals surface area (Å²) in [5.41, 5.74) is 4.07. The molecule has 0 N–H and O–H groups in total. The topological polar surface area (TPSA) is 111 Å². The molecule has 1 amide bonds. The van der Waals surface area contributed by atoms with Crippen LogP contribution in [0.2, 0.25) is 0 Å². The molecular formula is C33H32F2N8O3. The number of pyridine rings is 1. The van der Waals surface area contributed by atoms with E-state index in [9.17, 15) is 18.4 Å². The van der Waals surface area contributed by atoms with Crippen molar-refractivity contribution in [1.82, 2.24) is 38.9 Å². The van der Waals surface area contributed by atoms with E-state index in [1.165, 1.54) is 24.4 Å². The molecule has 1 aromatic carbocycles. The van der Waals surface area contributed by atoms with E-state index in [0.717, 1.165) is 43.3 Å². The van der Waals surface area contributed by atoms with Crippen LogP contribution in [-0.4, -0.2) is 96.6 Å². The van der Waals surface area contributed by atoms with Crippen molar-refractivity contribution in [2.45, 2.75) is 25.3 Å². The standard InChI is InChI=1S/C33H32F2N8O3/c34-24-3-1-22(2-4-24)32-33(42(21-37-32)26-8-11-41(12-9-26)31(45)20-40-13-15-46-16-14-40)27-5-6-30-38-25(19-43(30)39-27)18-28(44)23-7-10-36-29(35)17-23/h1-7,10,17,19,21,26H,8-9,11-16,18,20H2. The van der Waals surface area contributed by atoms with Crippen LogP contribution < -0.4 is 0 Å². The van der Waals surface area contributed by atoms with E-state index in [-0.39, 0.29) is 35.5 Å². The summed E-state index contributed by atoms with van der Waals surface area (Å²) in [6, 6.07) is 12.5. The Morgan fingerprint density at radius 1 is 0.935 bits per heavy atom. The number of aromatic nitrogens is 6. The molecule has 2 saturated heterocycles. The number of carbonyl (C=O) groups excluding carboxylic acids is 2. The van der Waals surface area contributed by atoms with Crippen LogP contribution in [0.3, 0.4) is 0 Å². The summed E-state index contributed by atoms with van der Waals surface area (Å²) in [7, 11) is 0. The number of hydrogen-bond donors (Lipinski definition) is 0. The van der Waals surface area contributed by atoms with Gasteiger partial charge in [-0.2, -0.15) is 9.49 Å². The van der Waals surface area contributed by atoms with Crippen LogP contribution in [0.25, 0.3) is 28.3 Å². The Morgan fingerprint density at radius 2 is 1.72 bits per heavy atom. The predicted octanol–water partition coefficient (Wildman–Crippen LogP) is 3.85. The van der Waals surface area contributed by atoms with E-state index in [1.807, 2.05) is 17.0 Å². The zero-order valence-corrected chi connectivity index (χ0v) is 25.1. The Bertz CT molecular complexity index is 1880. The monoisotopic (exact) mass is 626 g/mol. The third-order valence-corrected chi connectivity index (χ3v) is 8.59. The van der Waals surface area contributed by atoms with Gasteiger partial charge in [0.25, 0.3) is 0 Å². The number of piperidine rings is 1. The molecule has 0 unspecified atom stereocenters. The molecule has 2 fully saturated rings. The summed E-state index contributed by atoms with van der Waals surface area (Å²) in [5.74, 6) is -1.20. The molecule has 0 aliphatic carbocycles. The maximum atomic E-state index is 13.8. The molecule has 46 heavy (non-hydrogen) atoms. The van der Waals surface area contributed by atoms with Crippen LogP contribution in [0.5, 0.6) is 0 Å². The Kier molecular flexibility index (Phi) is 8.33. The Balaban J connectivity index is 1.15. The maximum Gasteiger partial charge on any atom is 0.236 e. The SMILES string of the molecule is O=C(Cc1cn2nc(-c3c(-c4ccc(F)cc4)ncn3C3CCN(C(=O)CN4CCOCC4)CC3)ccc2n1)c1ccnc(F)c1. The quantitative estimate of drug-likeness (QED) is 0.189. The van der Waals surface area contributed by atoms with Crippen LogP contribution in [0.1, 0.15) is 34.9 Å². The summed E-state index contributed by atoms with van der Waals surface area (Å²) in [6.45, 7) is 4.50. The van der Waals surface area contributed by atoms with Gasteiger partial charge >= 0.3 is 0 Å². The van der Waals surface area contributed by atoms with Gasteiger partial charge in [-0.1, -0.05) is 0 Å². The number of likely N-dealkylation sites (tertiary alicyclic amines) is 1. The van der Waals surface area contributed by atoms with Gasteiger partial charge in [-0.15, -0.1) is 0 Å². The van der Waals surface area contributed by atoms with Crippen LogP contribution in [0.15, 0.2) is 67.3 Å². The van der Waals surface area contributed by atoms with Crippen LogP contribution in [0, 0.1) is 11.8 Å². The van der Waals surface area contributed by atoms with Gasteiger partial charge in [0.1, 0.15) is 11.5 Å². The number of rotatable bonds is 8. The second-order valence-electron chi connectivity index (χ2n) is 11.6. The number of fused-ring (bicyclic) bond motifs is 1. The van der Waals surface area contributed by atoms with Gasteiger partial charge in [-0.25, -0.2) is 23.9 Å². The van der Waals surface area contributed by atoms with E-state index in [1.54, 1.807) is 29.2 Å². The highest BCUT2D eigenvalue weighted by Crippen LogP contribution is 2.35. The first kappa shape index (κ1) is 29.8. The highest BCUT2D eigenvalue weighted by molar-refractivity contribution is 5.97. The van der Waals surface area contributed by atoms with Crippen molar-refractivity contribution in [3.8, 4) is 22.6 Å². The van der Waals surface area contributed by atoms with E-state index < -0.39 is 5.95 Å². The summed E-state index contributed by atoms with van der Waals surface area (Å²) < 4.78 is 36.5. The van der Waals surface area contributed by atoms with E-state index >= 15 is 0 Å². The molecule has 0 saturated carbocycles. The van der Waals surface area contributed by atoms with E-state index in [0.29, 0.717) is 55.6 Å². The number of hydrogen-bond acceptors (Lipinski definition) is 8. The molecule has 7 rings (SSSR count). The van der Waals surface area contributed by atoms with E-state index in [4.69, 9.17) is 14.8 Å². The molecule has 0 radical (unpaired) electrons. The molecule has 0 spiro atoms. The fourth-order valence-corrected chi connectivity index (χ4v) is 6.14. The number of halogens is 2. The lowest BCUT2D eigenvalue weighted by atomic mass is 10.0. The normalized spacial score (nSPS) is 16.3. The zero-order chi connectivity index (χ0) is 31.6. The molecule has 11 nitrogen and oxygen atoms in total. The van der Waals surface area contributed by atoms with Crippen molar-refractivity contribution in [2.75, 3.05) is 45.9 Å². The van der Waals surface area contributed by atoms with Crippen molar-refractivity contribution < 1.29 is 23.1 Å². The zero-order valence-electron chi connectivity index (χ0n) is 25.1. The number of carbonyl (C=O) groups is 2. The fourth-order valence-electron chi connectivity index (χ4n) is 6.14. The van der Waals surface area contributed by atoms with Gasteiger partial charge in [-0.05, 0) is 55.3 Å². The second kappa shape index (κ2) is 12.9. The fraction of sp³-hybridized carbons (Fsp3) is 0.333. The first-order valence-corrected chi connectivity index (χ1v) is 15.3. The summed E-state index contributed by atoms with van der Waals surface area (Å²) in [4.78, 5) is 42.7. The largest absolute Gasteiger partial charge is 0.379 e. The summed E-state index contributed by atoms with van der Waals surface area (Å²) in [6.07, 6.45) is 6.21. The third kappa shape index (κ3) is 6.28. The van der Waals surface area contributed by atoms with Gasteiger partial charge in [-0.3, -0.25) is 14.5 Å². The molecule has 6 heterocycles. The highest BCUT2D eigenvalue weighted by Gasteiger charge is 2.29. The molecule has 13 heteroatoms. The van der Waals surface area contributed by atoms with Crippen molar-refractivity contribution in [2.24, 2.45) is 0 Å². The average molecular weight is 627 g/mol. The number of morpholine rings is 1. The minimum absolute atomic E-state index is 0.0241. The van der Waals surface area contributed by atoms with Gasteiger partial charge in [0.2, 0.25) is 11.9 Å². The number of Topliss-reactive ketones (excluding diaryl/α,β-unsaturated/α-hetero) is 1. The maximum absolute atomic E-state index is 13.8. The Hall–Kier alpha value is -4.88. The smallest absolute Gasteiger partial charge is 0.236 e. The first-order chi connectivity index (χ1) is 22.4. The molecule has 2 aliphatic rings. The van der Waals surface area contributed by atoms with E-state index in [2.05, 4.69) is 19.4 Å². The summed E-state index contributed by atoms with van der Waals surface area (Å²) in [5, 5.41) is 4.86. The minimum Gasteiger partial charge on any atom is -0.379 e. The molecule has 236 valence electrons. The molecule has 4 aromatic heterocycles. The first-order valence-electron chi connectivity index (χ1n) is 15.3. The number of imidazole rings is 2. The number of ketones is 1. The highest BCUT2D eigenvalue weighted by atomic mass is 19.1. The van der Waals surface area contributed by atoms with Crippen LogP contribution >= 0.6 is 0 Å². The third-order valence-electron chi connectivity index (χ3n) is 8.59. The molecule has 0 bridgehead atoms. The summed E-state index contributed by atoms with van der Waals surface area (Å²) >= 11 is 0. The molecule has 0 atom stereocenters. The van der Waals surface area contributed by atoms with Crippen molar-refractivity contribution in [3.63, 3.8) is 0 Å².